The van der Waals surface area contributed by atoms with Gasteiger partial charge in [0.1, 0.15) is 0 Å². The lowest BCUT2D eigenvalue weighted by molar-refractivity contribution is -0.136. The van der Waals surface area contributed by atoms with Crippen LogP contribution in [0.5, 0.6) is 0 Å². The topological polar surface area (TPSA) is 54.0 Å². The van der Waals surface area contributed by atoms with Crippen LogP contribution in [0.15, 0.2) is 42.5 Å². The Bertz CT molecular complexity index is 905. The number of carbonyl (C=O) groups is 1. The summed E-state index contributed by atoms with van der Waals surface area (Å²) >= 11 is 1.47. The van der Waals surface area contributed by atoms with Crippen molar-refractivity contribution in [3.63, 3.8) is 0 Å². The summed E-state index contributed by atoms with van der Waals surface area (Å²) in [4.78, 5) is 16.3. The van der Waals surface area contributed by atoms with Crippen LogP contribution in [-0.2, 0) is 6.18 Å². The van der Waals surface area contributed by atoms with E-state index < -0.39 is 17.8 Å². The van der Waals surface area contributed by atoms with Gasteiger partial charge in [-0.25, -0.2) is 9.78 Å². The zero-order valence-electron chi connectivity index (χ0n) is 12.4. The number of halogens is 3. The summed E-state index contributed by atoms with van der Waals surface area (Å²) in [5.41, 5.74) is 0.102. The smallest absolute Gasteiger partial charge is 0.308 e. The molecule has 0 aliphatic heterocycles. The minimum absolute atomic E-state index is 0.294. The highest BCUT2D eigenvalue weighted by atomic mass is 32.1. The van der Waals surface area contributed by atoms with E-state index >= 15 is 0 Å². The molecule has 3 aromatic rings. The highest BCUT2D eigenvalue weighted by Gasteiger charge is 2.33. The van der Waals surface area contributed by atoms with E-state index in [2.05, 4.69) is 15.6 Å². The highest BCUT2D eigenvalue weighted by Crippen LogP contribution is 2.34. The van der Waals surface area contributed by atoms with E-state index in [0.29, 0.717) is 5.69 Å². The number of aromatic nitrogens is 1. The molecule has 3 rings (SSSR count). The third-order valence-corrected chi connectivity index (χ3v) is 4.17. The average Bonchev–Trinajstić information content (AvgIpc) is 2.86. The van der Waals surface area contributed by atoms with Gasteiger partial charge >= 0.3 is 12.2 Å². The summed E-state index contributed by atoms with van der Waals surface area (Å²) in [6.45, 7) is 1.87. The van der Waals surface area contributed by atoms with E-state index in [0.717, 1.165) is 21.3 Å². The van der Waals surface area contributed by atoms with Gasteiger partial charge in [0.15, 0.2) is 0 Å². The van der Waals surface area contributed by atoms with Gasteiger partial charge in [-0.3, -0.25) is 0 Å². The first-order chi connectivity index (χ1) is 11.3. The molecule has 0 saturated heterocycles. The van der Waals surface area contributed by atoms with E-state index in [1.807, 2.05) is 6.92 Å². The van der Waals surface area contributed by atoms with Crippen molar-refractivity contribution in [3.05, 3.63) is 53.0 Å². The van der Waals surface area contributed by atoms with Crippen LogP contribution in [0, 0.1) is 6.92 Å². The Labute approximate surface area is 139 Å². The minimum atomic E-state index is -4.54. The molecule has 1 heterocycles. The third-order valence-electron chi connectivity index (χ3n) is 3.23. The van der Waals surface area contributed by atoms with Gasteiger partial charge in [-0.15, -0.1) is 11.3 Å². The number of benzene rings is 2. The second-order valence-electron chi connectivity index (χ2n) is 5.04. The zero-order valence-corrected chi connectivity index (χ0v) is 13.3. The summed E-state index contributed by atoms with van der Waals surface area (Å²) in [6.07, 6.45) is -4.54. The van der Waals surface area contributed by atoms with Gasteiger partial charge in [0.25, 0.3) is 0 Å². The maximum absolute atomic E-state index is 12.9. The van der Waals surface area contributed by atoms with Crippen LogP contribution in [0.1, 0.15) is 10.6 Å². The molecular formula is C16H12F3N3OS. The summed E-state index contributed by atoms with van der Waals surface area (Å²) in [5, 5.41) is 5.66. The molecule has 1 aromatic heterocycles. The van der Waals surface area contributed by atoms with Crippen LogP contribution < -0.4 is 10.6 Å². The van der Waals surface area contributed by atoms with Gasteiger partial charge < -0.3 is 10.6 Å². The molecule has 4 nitrogen and oxygen atoms in total. The molecule has 0 fully saturated rings. The number of thiazole rings is 1. The lowest BCUT2D eigenvalue weighted by atomic mass is 10.1. The number of nitrogens with one attached hydrogen (secondary N) is 2. The van der Waals surface area contributed by atoms with E-state index in [9.17, 15) is 18.0 Å². The number of aryl methyl sites for hydroxylation is 1. The van der Waals surface area contributed by atoms with Gasteiger partial charge in [0.2, 0.25) is 0 Å². The van der Waals surface area contributed by atoms with Crippen LogP contribution in [-0.4, -0.2) is 11.0 Å². The quantitative estimate of drug-likeness (QED) is 0.661. The molecule has 0 aliphatic rings. The monoisotopic (exact) mass is 351 g/mol. The highest BCUT2D eigenvalue weighted by molar-refractivity contribution is 7.18. The molecule has 24 heavy (non-hydrogen) atoms. The Morgan fingerprint density at radius 3 is 2.62 bits per heavy atom. The number of hydrogen-bond donors (Lipinski definition) is 2. The molecule has 2 N–H and O–H groups in total. The maximum atomic E-state index is 12.9. The second kappa shape index (κ2) is 6.12. The molecule has 0 saturated carbocycles. The first-order valence-electron chi connectivity index (χ1n) is 6.94. The Morgan fingerprint density at radius 2 is 1.88 bits per heavy atom. The van der Waals surface area contributed by atoms with Gasteiger partial charge in [-0.1, -0.05) is 12.1 Å². The van der Waals surface area contributed by atoms with E-state index in [-0.39, 0.29) is 5.69 Å². The van der Waals surface area contributed by atoms with E-state index in [1.165, 1.54) is 29.5 Å². The van der Waals surface area contributed by atoms with E-state index in [4.69, 9.17) is 0 Å². The Balaban J connectivity index is 1.78. The lowest BCUT2D eigenvalue weighted by Gasteiger charge is -2.14. The predicted molar refractivity (Wildman–Crippen MR) is 88.4 cm³/mol. The zero-order chi connectivity index (χ0) is 17.3. The molecule has 2 amide bonds. The van der Waals surface area contributed by atoms with Crippen molar-refractivity contribution < 1.29 is 18.0 Å². The SMILES string of the molecule is Cc1nc2ccc(NC(=O)Nc3ccccc3C(F)(F)F)cc2s1. The number of rotatable bonds is 2. The molecular weight excluding hydrogens is 339 g/mol. The van der Waals surface area contributed by atoms with E-state index in [1.54, 1.807) is 18.2 Å². The van der Waals surface area contributed by atoms with Crippen molar-refractivity contribution in [1.29, 1.82) is 0 Å². The van der Waals surface area contributed by atoms with Crippen molar-refractivity contribution in [2.75, 3.05) is 10.6 Å². The largest absolute Gasteiger partial charge is 0.418 e. The maximum Gasteiger partial charge on any atom is 0.418 e. The van der Waals surface area contributed by atoms with Crippen LogP contribution in [0.2, 0.25) is 0 Å². The Hall–Kier alpha value is -2.61. The number of nitrogens with zero attached hydrogens (tertiary/aromatic N) is 1. The molecule has 0 unspecified atom stereocenters. The lowest BCUT2D eigenvalue weighted by Crippen LogP contribution is -2.21. The van der Waals surface area contributed by atoms with Crippen LogP contribution in [0.25, 0.3) is 10.2 Å². The normalized spacial score (nSPS) is 11.5. The van der Waals surface area contributed by atoms with Crippen molar-refractivity contribution in [2.45, 2.75) is 13.1 Å². The predicted octanol–water partition coefficient (Wildman–Crippen LogP) is 5.27. The first-order valence-corrected chi connectivity index (χ1v) is 7.76. The molecule has 124 valence electrons. The number of amides is 2. The van der Waals surface area contributed by atoms with Crippen LogP contribution in [0.4, 0.5) is 29.3 Å². The number of para-hydroxylation sites is 1. The summed E-state index contributed by atoms with van der Waals surface area (Å²) in [5.74, 6) is 0. The summed E-state index contributed by atoms with van der Waals surface area (Å²) in [7, 11) is 0. The van der Waals surface area contributed by atoms with Crippen molar-refractivity contribution in [3.8, 4) is 0 Å². The number of alkyl halides is 3. The number of carbonyl (C=O) groups excluding carboxylic acids is 1. The fraction of sp³-hybridized carbons (Fsp3) is 0.125. The molecule has 8 heteroatoms. The molecule has 0 bridgehead atoms. The standard InChI is InChI=1S/C16H12F3N3OS/c1-9-20-13-7-6-10(8-14(13)24-9)21-15(23)22-12-5-3-2-4-11(12)16(17,18)19/h2-8H,1H3,(H2,21,22,23). The van der Waals surface area contributed by atoms with Crippen molar-refractivity contribution in [1.82, 2.24) is 4.98 Å². The van der Waals surface area contributed by atoms with Gasteiger partial charge in [-0.05, 0) is 37.3 Å². The van der Waals surface area contributed by atoms with Crippen molar-refractivity contribution in [2.24, 2.45) is 0 Å². The molecule has 0 atom stereocenters. The van der Waals surface area contributed by atoms with Gasteiger partial charge in [0, 0.05) is 5.69 Å². The van der Waals surface area contributed by atoms with Crippen LogP contribution >= 0.6 is 11.3 Å². The number of hydrogen-bond acceptors (Lipinski definition) is 3. The van der Waals surface area contributed by atoms with Gasteiger partial charge in [-0.2, -0.15) is 13.2 Å². The summed E-state index contributed by atoms with van der Waals surface area (Å²) in [6, 6.07) is 9.21. The number of anilines is 2. The fourth-order valence-corrected chi connectivity index (χ4v) is 3.11. The molecule has 0 radical (unpaired) electrons. The third kappa shape index (κ3) is 3.48. The first kappa shape index (κ1) is 16.3. The summed E-state index contributed by atoms with van der Waals surface area (Å²) < 4.78 is 39.7. The number of fused-ring (bicyclic) bond motifs is 1. The minimum Gasteiger partial charge on any atom is -0.308 e. The van der Waals surface area contributed by atoms with Crippen molar-refractivity contribution >= 4 is 39.0 Å². The second-order valence-corrected chi connectivity index (χ2v) is 6.27. The fourth-order valence-electron chi connectivity index (χ4n) is 2.24. The Kier molecular flexibility index (Phi) is 4.15. The van der Waals surface area contributed by atoms with Gasteiger partial charge in [0.05, 0.1) is 26.5 Å². The van der Waals surface area contributed by atoms with Crippen LogP contribution in [0.3, 0.4) is 0 Å². The number of urea groups is 1. The molecule has 0 spiro atoms. The Morgan fingerprint density at radius 1 is 1.12 bits per heavy atom. The molecule has 0 aliphatic carbocycles. The molecule has 2 aromatic carbocycles. The average molecular weight is 351 g/mol.